The maximum Gasteiger partial charge on any atom is 0.322 e. The number of ether oxygens (including phenoxy) is 1. The van der Waals surface area contributed by atoms with Crippen molar-refractivity contribution in [2.75, 3.05) is 7.11 Å². The summed E-state index contributed by atoms with van der Waals surface area (Å²) in [4.78, 5) is 34.0. The van der Waals surface area contributed by atoms with E-state index in [1.165, 1.54) is 7.11 Å². The molecule has 0 aromatic heterocycles. The highest BCUT2D eigenvalue weighted by Crippen LogP contribution is 2.43. The van der Waals surface area contributed by atoms with Crippen molar-refractivity contribution in [1.29, 1.82) is 0 Å². The molecule has 0 spiro atoms. The smallest absolute Gasteiger partial charge is 0.322 e. The van der Waals surface area contributed by atoms with Crippen molar-refractivity contribution in [1.82, 2.24) is 10.6 Å². The number of carbonyl (C=O) groups excluding carboxylic acids is 3. The van der Waals surface area contributed by atoms with Gasteiger partial charge in [0.05, 0.1) is 7.11 Å². The van der Waals surface area contributed by atoms with Crippen LogP contribution in [0.15, 0.2) is 0 Å². The molecule has 0 radical (unpaired) electrons. The average molecular weight is 226 g/mol. The molecular formula is C10H14N2O4. The molecule has 1 saturated carbocycles. The van der Waals surface area contributed by atoms with Crippen LogP contribution in [0.1, 0.15) is 25.7 Å². The van der Waals surface area contributed by atoms with Gasteiger partial charge in [0.2, 0.25) is 0 Å². The Morgan fingerprint density at radius 1 is 1.50 bits per heavy atom. The fourth-order valence-corrected chi connectivity index (χ4v) is 2.15. The predicted molar refractivity (Wildman–Crippen MR) is 53.4 cm³/mol. The van der Waals surface area contributed by atoms with Gasteiger partial charge in [-0.15, -0.1) is 0 Å². The van der Waals surface area contributed by atoms with Crippen LogP contribution < -0.4 is 10.6 Å². The summed E-state index contributed by atoms with van der Waals surface area (Å²) in [6.07, 6.45) is 2.27. The topological polar surface area (TPSA) is 84.5 Å². The molecule has 2 aliphatic rings. The molecule has 0 aromatic carbocycles. The molecule has 0 aromatic rings. The summed E-state index contributed by atoms with van der Waals surface area (Å²) in [5, 5.41) is 4.88. The van der Waals surface area contributed by atoms with Crippen molar-refractivity contribution in [3.8, 4) is 0 Å². The predicted octanol–water partition coefficient (Wildman–Crippen LogP) is -0.0722. The Bertz CT molecular complexity index is 351. The molecule has 2 rings (SSSR count). The summed E-state index contributed by atoms with van der Waals surface area (Å²) in [7, 11) is 1.30. The van der Waals surface area contributed by atoms with Crippen LogP contribution in [-0.2, 0) is 14.3 Å². The van der Waals surface area contributed by atoms with Gasteiger partial charge in [-0.1, -0.05) is 0 Å². The molecule has 16 heavy (non-hydrogen) atoms. The third-order valence-electron chi connectivity index (χ3n) is 3.19. The second-order valence-corrected chi connectivity index (χ2v) is 4.23. The lowest BCUT2D eigenvalue weighted by Crippen LogP contribution is -2.49. The minimum absolute atomic E-state index is 0.140. The first-order valence-electron chi connectivity index (χ1n) is 5.29. The maximum absolute atomic E-state index is 11.7. The van der Waals surface area contributed by atoms with Crippen LogP contribution in [0.3, 0.4) is 0 Å². The van der Waals surface area contributed by atoms with E-state index in [0.717, 1.165) is 12.8 Å². The van der Waals surface area contributed by atoms with Crippen LogP contribution in [0, 0.1) is 5.92 Å². The first-order valence-corrected chi connectivity index (χ1v) is 5.29. The van der Waals surface area contributed by atoms with E-state index < -0.39 is 11.6 Å². The third kappa shape index (κ3) is 1.75. The Balaban J connectivity index is 2.07. The molecule has 1 atom stereocenters. The second kappa shape index (κ2) is 3.77. The second-order valence-electron chi connectivity index (χ2n) is 4.23. The van der Waals surface area contributed by atoms with Crippen LogP contribution in [0.25, 0.3) is 0 Å². The number of hydrogen-bond acceptors (Lipinski definition) is 4. The van der Waals surface area contributed by atoms with Gasteiger partial charge in [0, 0.05) is 6.42 Å². The molecule has 1 unspecified atom stereocenters. The monoisotopic (exact) mass is 226 g/mol. The first kappa shape index (κ1) is 10.9. The SMILES string of the molecule is COC(=O)CCC1(C2CC2)NC(=O)NC1=O. The molecule has 1 aliphatic carbocycles. The Morgan fingerprint density at radius 2 is 2.19 bits per heavy atom. The van der Waals surface area contributed by atoms with Crippen LogP contribution in [0.2, 0.25) is 0 Å². The van der Waals surface area contributed by atoms with Crippen LogP contribution in [-0.4, -0.2) is 30.6 Å². The molecule has 0 bridgehead atoms. The van der Waals surface area contributed by atoms with Gasteiger partial charge in [0.15, 0.2) is 0 Å². The highest BCUT2D eigenvalue weighted by atomic mass is 16.5. The zero-order valence-electron chi connectivity index (χ0n) is 9.04. The van der Waals surface area contributed by atoms with Gasteiger partial charge in [-0.05, 0) is 25.2 Å². The van der Waals surface area contributed by atoms with Gasteiger partial charge in [-0.2, -0.15) is 0 Å². The number of hydrogen-bond donors (Lipinski definition) is 2. The molecule has 2 fully saturated rings. The quantitative estimate of drug-likeness (QED) is 0.519. The summed E-state index contributed by atoms with van der Waals surface area (Å²) >= 11 is 0. The van der Waals surface area contributed by atoms with Crippen molar-refractivity contribution in [3.05, 3.63) is 0 Å². The fraction of sp³-hybridized carbons (Fsp3) is 0.700. The fourth-order valence-electron chi connectivity index (χ4n) is 2.15. The zero-order chi connectivity index (χ0) is 11.8. The summed E-state index contributed by atoms with van der Waals surface area (Å²) < 4.78 is 4.53. The maximum atomic E-state index is 11.7. The number of esters is 1. The number of imide groups is 1. The van der Waals surface area contributed by atoms with Crippen molar-refractivity contribution >= 4 is 17.9 Å². The van der Waals surface area contributed by atoms with Crippen LogP contribution >= 0.6 is 0 Å². The lowest BCUT2D eigenvalue weighted by Gasteiger charge is -2.25. The molecular weight excluding hydrogens is 212 g/mol. The Hall–Kier alpha value is -1.59. The Labute approximate surface area is 92.7 Å². The van der Waals surface area contributed by atoms with Gasteiger partial charge in [0.25, 0.3) is 5.91 Å². The number of rotatable bonds is 4. The van der Waals surface area contributed by atoms with E-state index in [0.29, 0.717) is 6.42 Å². The Morgan fingerprint density at radius 3 is 2.62 bits per heavy atom. The largest absolute Gasteiger partial charge is 0.469 e. The van der Waals surface area contributed by atoms with E-state index in [9.17, 15) is 14.4 Å². The highest BCUT2D eigenvalue weighted by molar-refractivity contribution is 6.07. The Kier molecular flexibility index (Phi) is 2.57. The van der Waals surface area contributed by atoms with Crippen molar-refractivity contribution in [2.24, 2.45) is 5.92 Å². The number of carbonyl (C=O) groups is 3. The highest BCUT2D eigenvalue weighted by Gasteiger charge is 2.55. The van der Waals surface area contributed by atoms with E-state index >= 15 is 0 Å². The minimum atomic E-state index is -0.884. The summed E-state index contributed by atoms with van der Waals surface area (Å²) in [6.45, 7) is 0. The van der Waals surface area contributed by atoms with Gasteiger partial charge in [-0.25, -0.2) is 4.79 Å². The zero-order valence-corrected chi connectivity index (χ0v) is 9.04. The van der Waals surface area contributed by atoms with Crippen LogP contribution in [0.4, 0.5) is 4.79 Å². The van der Waals surface area contributed by atoms with E-state index in [1.807, 2.05) is 0 Å². The number of nitrogens with one attached hydrogen (secondary N) is 2. The lowest BCUT2D eigenvalue weighted by molar-refractivity contribution is -0.141. The van der Waals surface area contributed by atoms with E-state index in [2.05, 4.69) is 15.4 Å². The molecule has 88 valence electrons. The molecule has 1 heterocycles. The van der Waals surface area contributed by atoms with Crippen molar-refractivity contribution < 1.29 is 19.1 Å². The van der Waals surface area contributed by atoms with Crippen molar-refractivity contribution in [3.63, 3.8) is 0 Å². The normalized spacial score (nSPS) is 28.6. The molecule has 1 saturated heterocycles. The molecule has 6 heteroatoms. The van der Waals surface area contributed by atoms with Crippen LogP contribution in [0.5, 0.6) is 0 Å². The first-order chi connectivity index (χ1) is 7.58. The standard InChI is InChI=1S/C10H14N2O4/c1-16-7(13)4-5-10(6-2-3-6)8(14)11-9(15)12-10/h6H,2-5H2,1H3,(H2,11,12,14,15). The molecule has 2 N–H and O–H groups in total. The van der Waals surface area contributed by atoms with Gasteiger partial charge >= 0.3 is 12.0 Å². The van der Waals surface area contributed by atoms with Gasteiger partial charge in [0.1, 0.15) is 5.54 Å². The molecule has 6 nitrogen and oxygen atoms in total. The number of amides is 3. The third-order valence-corrected chi connectivity index (χ3v) is 3.19. The molecule has 3 amide bonds. The number of methoxy groups -OCH3 is 1. The van der Waals surface area contributed by atoms with E-state index in [4.69, 9.17) is 0 Å². The number of urea groups is 1. The summed E-state index contributed by atoms with van der Waals surface area (Å²) in [6, 6.07) is -0.471. The van der Waals surface area contributed by atoms with E-state index in [1.54, 1.807) is 0 Å². The van der Waals surface area contributed by atoms with Gasteiger partial charge < -0.3 is 10.1 Å². The summed E-state index contributed by atoms with van der Waals surface area (Å²) in [5.74, 6) is -0.526. The summed E-state index contributed by atoms with van der Waals surface area (Å²) in [5.41, 5.74) is -0.884. The van der Waals surface area contributed by atoms with E-state index in [-0.39, 0.29) is 24.2 Å². The minimum Gasteiger partial charge on any atom is -0.469 e. The molecule has 1 aliphatic heterocycles. The van der Waals surface area contributed by atoms with Gasteiger partial charge in [-0.3, -0.25) is 14.9 Å². The average Bonchev–Trinajstić information content (AvgIpc) is 3.03. The van der Waals surface area contributed by atoms with Crippen molar-refractivity contribution in [2.45, 2.75) is 31.2 Å². The lowest BCUT2D eigenvalue weighted by atomic mass is 9.88.